The molecule has 0 spiro atoms. The quantitative estimate of drug-likeness (QED) is 0.253. The number of hydrogen-bond acceptors (Lipinski definition) is 4. The van der Waals surface area contributed by atoms with Crippen molar-refractivity contribution in [1.82, 2.24) is 9.47 Å². The summed E-state index contributed by atoms with van der Waals surface area (Å²) >= 11 is 0. The van der Waals surface area contributed by atoms with Crippen LogP contribution in [0.1, 0.15) is 55.6 Å². The zero-order valence-corrected chi connectivity index (χ0v) is 22.9. The summed E-state index contributed by atoms with van der Waals surface area (Å²) in [5.41, 5.74) is 4.17. The van der Waals surface area contributed by atoms with E-state index in [0.717, 1.165) is 33.3 Å². The van der Waals surface area contributed by atoms with Gasteiger partial charge in [0.15, 0.2) is 0 Å². The van der Waals surface area contributed by atoms with E-state index in [1.807, 2.05) is 105 Å². The number of carbonyl (C=O) groups is 2. The highest BCUT2D eigenvalue weighted by atomic mass is 16.6. The standard InChI is InChI=1S/C33H36N2O4/c1-33(2,3)39-32(37)35-28-17-11-10-16-26(28)27-18-20-34(30(36)22-24-12-6-4-7-13-24)29(31(27)35)19-21-38-23-25-14-8-5-9-15-25/h4-17,29H,18-23H2,1-3H3. The van der Waals surface area contributed by atoms with Gasteiger partial charge in [-0.05, 0) is 56.4 Å². The monoisotopic (exact) mass is 524 g/mol. The van der Waals surface area contributed by atoms with E-state index in [9.17, 15) is 9.59 Å². The van der Waals surface area contributed by atoms with Gasteiger partial charge in [0.25, 0.3) is 0 Å². The number of ether oxygens (including phenoxy) is 2. The number of nitrogens with zero attached hydrogens (tertiary/aromatic N) is 2. The summed E-state index contributed by atoms with van der Waals surface area (Å²) in [7, 11) is 0. The van der Waals surface area contributed by atoms with Crippen LogP contribution in [0.5, 0.6) is 0 Å². The Bertz CT molecular complexity index is 1440. The maximum atomic E-state index is 13.7. The lowest BCUT2D eigenvalue weighted by Gasteiger charge is -2.37. The maximum Gasteiger partial charge on any atom is 0.419 e. The van der Waals surface area contributed by atoms with Crippen molar-refractivity contribution in [2.75, 3.05) is 13.2 Å². The van der Waals surface area contributed by atoms with Gasteiger partial charge >= 0.3 is 6.09 Å². The average molecular weight is 525 g/mol. The third-order valence-corrected chi connectivity index (χ3v) is 7.06. The van der Waals surface area contributed by atoms with Crippen LogP contribution in [0, 0.1) is 0 Å². The number of rotatable bonds is 7. The molecule has 1 unspecified atom stereocenters. The number of aromatic nitrogens is 1. The van der Waals surface area contributed by atoms with Gasteiger partial charge in [-0.25, -0.2) is 9.36 Å². The van der Waals surface area contributed by atoms with Crippen molar-refractivity contribution in [2.24, 2.45) is 0 Å². The summed E-state index contributed by atoms with van der Waals surface area (Å²) < 4.78 is 13.6. The SMILES string of the molecule is CC(C)(C)OC(=O)n1c2c(c3ccccc31)CCN(C(=O)Cc1ccccc1)C2CCOCc1ccccc1. The van der Waals surface area contributed by atoms with Crippen LogP contribution in [0.3, 0.4) is 0 Å². The summed E-state index contributed by atoms with van der Waals surface area (Å²) in [5.74, 6) is 0.0425. The Morgan fingerprint density at radius 1 is 0.872 bits per heavy atom. The van der Waals surface area contributed by atoms with Crippen molar-refractivity contribution in [3.8, 4) is 0 Å². The lowest BCUT2D eigenvalue weighted by molar-refractivity contribution is -0.134. The molecule has 5 rings (SSSR count). The largest absolute Gasteiger partial charge is 0.443 e. The molecule has 1 aromatic heterocycles. The van der Waals surface area contributed by atoms with Gasteiger partial charge in [0, 0.05) is 18.5 Å². The van der Waals surface area contributed by atoms with Gasteiger partial charge in [-0.3, -0.25) is 4.79 Å². The molecule has 202 valence electrons. The summed E-state index contributed by atoms with van der Waals surface area (Å²) in [6, 6.07) is 27.5. The Morgan fingerprint density at radius 3 is 2.21 bits per heavy atom. The Labute approximate surface area is 230 Å². The maximum absolute atomic E-state index is 13.7. The third kappa shape index (κ3) is 6.07. The summed E-state index contributed by atoms with van der Waals surface area (Å²) in [5, 5.41) is 1.03. The first-order valence-electron chi connectivity index (χ1n) is 13.6. The fourth-order valence-corrected chi connectivity index (χ4v) is 5.40. The molecule has 0 bridgehead atoms. The van der Waals surface area contributed by atoms with Crippen LogP contribution in [-0.2, 0) is 33.7 Å². The van der Waals surface area contributed by atoms with Gasteiger partial charge in [-0.2, -0.15) is 0 Å². The molecule has 0 saturated heterocycles. The Morgan fingerprint density at radius 2 is 1.51 bits per heavy atom. The molecule has 0 radical (unpaired) electrons. The van der Waals surface area contributed by atoms with E-state index in [1.165, 1.54) is 0 Å². The first-order chi connectivity index (χ1) is 18.8. The van der Waals surface area contributed by atoms with Gasteiger partial charge in [0.2, 0.25) is 5.91 Å². The van der Waals surface area contributed by atoms with Crippen LogP contribution in [0.15, 0.2) is 84.9 Å². The minimum absolute atomic E-state index is 0.0425. The van der Waals surface area contributed by atoms with Crippen LogP contribution in [0.4, 0.5) is 4.79 Å². The van der Waals surface area contributed by atoms with Crippen molar-refractivity contribution in [1.29, 1.82) is 0 Å². The summed E-state index contributed by atoms with van der Waals surface area (Å²) in [6.07, 6.45) is 1.13. The second kappa shape index (κ2) is 11.5. The predicted molar refractivity (Wildman–Crippen MR) is 153 cm³/mol. The van der Waals surface area contributed by atoms with Crippen LogP contribution in [0.2, 0.25) is 0 Å². The van der Waals surface area contributed by atoms with Crippen molar-refractivity contribution in [3.63, 3.8) is 0 Å². The Kier molecular flexibility index (Phi) is 7.84. The zero-order chi connectivity index (χ0) is 27.4. The molecular weight excluding hydrogens is 488 g/mol. The number of amides is 1. The van der Waals surface area contributed by atoms with Crippen LogP contribution in [0.25, 0.3) is 10.9 Å². The zero-order valence-electron chi connectivity index (χ0n) is 22.9. The highest BCUT2D eigenvalue weighted by Gasteiger charge is 2.37. The van der Waals surface area contributed by atoms with Gasteiger partial charge in [0.05, 0.1) is 30.3 Å². The highest BCUT2D eigenvalue weighted by Crippen LogP contribution is 2.39. The minimum Gasteiger partial charge on any atom is -0.443 e. The summed E-state index contributed by atoms with van der Waals surface area (Å²) in [4.78, 5) is 29.3. The molecule has 0 aliphatic carbocycles. The van der Waals surface area contributed by atoms with Crippen molar-refractivity contribution >= 4 is 22.9 Å². The van der Waals surface area contributed by atoms with Gasteiger partial charge in [-0.15, -0.1) is 0 Å². The van der Waals surface area contributed by atoms with Crippen LogP contribution >= 0.6 is 0 Å². The van der Waals surface area contributed by atoms with Gasteiger partial charge in [0.1, 0.15) is 5.60 Å². The lowest BCUT2D eigenvalue weighted by atomic mass is 9.94. The molecule has 6 heteroatoms. The van der Waals surface area contributed by atoms with E-state index in [2.05, 4.69) is 6.07 Å². The molecule has 0 saturated carbocycles. The average Bonchev–Trinajstić information content (AvgIpc) is 3.26. The fourth-order valence-electron chi connectivity index (χ4n) is 5.40. The smallest absolute Gasteiger partial charge is 0.419 e. The molecule has 1 atom stereocenters. The molecular formula is C33H36N2O4. The molecule has 1 aliphatic heterocycles. The van der Waals surface area contributed by atoms with E-state index < -0.39 is 11.7 Å². The second-order valence-electron chi connectivity index (χ2n) is 11.0. The molecule has 4 aromatic rings. The first kappa shape index (κ1) is 26.7. The normalized spacial score (nSPS) is 15.3. The first-order valence-corrected chi connectivity index (χ1v) is 13.6. The number of fused-ring (bicyclic) bond motifs is 3. The Hall–Kier alpha value is -3.90. The minimum atomic E-state index is -0.652. The Balaban J connectivity index is 1.50. The highest BCUT2D eigenvalue weighted by molar-refractivity contribution is 5.94. The van der Waals surface area contributed by atoms with E-state index in [-0.39, 0.29) is 11.9 Å². The van der Waals surface area contributed by atoms with Crippen molar-refractivity contribution in [2.45, 2.75) is 58.3 Å². The lowest BCUT2D eigenvalue weighted by Crippen LogP contribution is -2.43. The molecule has 3 aromatic carbocycles. The van der Waals surface area contributed by atoms with Crippen LogP contribution in [-0.4, -0.2) is 40.2 Å². The molecule has 6 nitrogen and oxygen atoms in total. The summed E-state index contributed by atoms with van der Waals surface area (Å²) in [6.45, 7) is 7.14. The fraction of sp³-hybridized carbons (Fsp3) is 0.333. The topological polar surface area (TPSA) is 60.8 Å². The molecule has 1 amide bonds. The van der Waals surface area contributed by atoms with Crippen molar-refractivity contribution in [3.05, 3.63) is 107 Å². The number of hydrogen-bond donors (Lipinski definition) is 0. The van der Waals surface area contributed by atoms with Crippen molar-refractivity contribution < 1.29 is 19.1 Å². The van der Waals surface area contributed by atoms with Gasteiger partial charge in [-0.1, -0.05) is 78.9 Å². The van der Waals surface area contributed by atoms with Crippen LogP contribution < -0.4 is 0 Å². The number of benzene rings is 3. The van der Waals surface area contributed by atoms with E-state index in [0.29, 0.717) is 39.0 Å². The molecule has 0 fully saturated rings. The molecule has 0 N–H and O–H groups in total. The number of para-hydroxylation sites is 1. The van der Waals surface area contributed by atoms with E-state index in [4.69, 9.17) is 9.47 Å². The number of carbonyl (C=O) groups excluding carboxylic acids is 2. The molecule has 1 aliphatic rings. The second-order valence-corrected chi connectivity index (χ2v) is 11.0. The molecule has 2 heterocycles. The van der Waals surface area contributed by atoms with E-state index >= 15 is 0 Å². The predicted octanol–water partition coefficient (Wildman–Crippen LogP) is 6.70. The molecule has 39 heavy (non-hydrogen) atoms. The third-order valence-electron chi connectivity index (χ3n) is 7.06. The van der Waals surface area contributed by atoms with Gasteiger partial charge < -0.3 is 14.4 Å². The van der Waals surface area contributed by atoms with E-state index in [1.54, 1.807) is 4.57 Å².